The van der Waals surface area contributed by atoms with Crippen molar-refractivity contribution in [1.82, 2.24) is 14.3 Å². The molecule has 0 aliphatic carbocycles. The van der Waals surface area contributed by atoms with Crippen LogP contribution in [0.1, 0.15) is 5.69 Å². The van der Waals surface area contributed by atoms with Gasteiger partial charge < -0.3 is 4.57 Å². The number of halogens is 1. The molecule has 8 heteroatoms. The standard InChI is InChI=1S/C13H14ClN3O2S2/c14-11-3-1-2-4-12(11)21(18,19)15-6-5-10-9-17-7-8-20-13(17)16-10/h1-4,9,15H,5-8H2. The molecule has 0 spiro atoms. The van der Waals surface area contributed by atoms with Crippen molar-refractivity contribution in [2.24, 2.45) is 0 Å². The SMILES string of the molecule is O=S(=O)(NCCc1cn2c(n1)SCC2)c1ccccc1Cl. The number of sulfonamides is 1. The quantitative estimate of drug-likeness (QED) is 0.903. The lowest BCUT2D eigenvalue weighted by molar-refractivity contribution is 0.581. The van der Waals surface area contributed by atoms with E-state index in [9.17, 15) is 8.42 Å². The fourth-order valence-corrected chi connectivity index (χ4v) is 4.65. The van der Waals surface area contributed by atoms with Crippen LogP contribution in [0, 0.1) is 0 Å². The van der Waals surface area contributed by atoms with E-state index in [0.29, 0.717) is 13.0 Å². The summed E-state index contributed by atoms with van der Waals surface area (Å²) < 4.78 is 29.0. The molecule has 1 aliphatic heterocycles. The molecule has 2 heterocycles. The van der Waals surface area contributed by atoms with Crippen LogP contribution in [0.3, 0.4) is 0 Å². The van der Waals surface area contributed by atoms with Crippen LogP contribution in [0.2, 0.25) is 5.02 Å². The van der Waals surface area contributed by atoms with E-state index in [1.54, 1.807) is 30.0 Å². The van der Waals surface area contributed by atoms with Crippen LogP contribution >= 0.6 is 23.4 Å². The van der Waals surface area contributed by atoms with Crippen molar-refractivity contribution >= 4 is 33.4 Å². The molecular formula is C13H14ClN3O2S2. The fraction of sp³-hybridized carbons (Fsp3) is 0.308. The van der Waals surface area contributed by atoms with Crippen molar-refractivity contribution in [3.8, 4) is 0 Å². The van der Waals surface area contributed by atoms with E-state index in [0.717, 1.165) is 23.1 Å². The summed E-state index contributed by atoms with van der Waals surface area (Å²) in [7, 11) is -3.58. The third-order valence-electron chi connectivity index (χ3n) is 3.15. The molecule has 3 rings (SSSR count). The zero-order valence-corrected chi connectivity index (χ0v) is 13.5. The summed E-state index contributed by atoms with van der Waals surface area (Å²) in [4.78, 5) is 4.57. The largest absolute Gasteiger partial charge is 0.325 e. The maximum atomic E-state index is 12.2. The first-order valence-electron chi connectivity index (χ1n) is 6.49. The summed E-state index contributed by atoms with van der Waals surface area (Å²) in [6.45, 7) is 1.27. The number of fused-ring (bicyclic) bond motifs is 1. The second-order valence-electron chi connectivity index (χ2n) is 4.63. The van der Waals surface area contributed by atoms with Gasteiger partial charge in [-0.1, -0.05) is 35.5 Å². The van der Waals surface area contributed by atoms with Crippen LogP contribution in [-0.2, 0) is 23.0 Å². The molecular weight excluding hydrogens is 330 g/mol. The molecule has 0 atom stereocenters. The zero-order valence-electron chi connectivity index (χ0n) is 11.1. The average Bonchev–Trinajstić information content (AvgIpc) is 2.99. The molecule has 0 saturated heterocycles. The van der Waals surface area contributed by atoms with Crippen LogP contribution in [0.15, 0.2) is 40.5 Å². The van der Waals surface area contributed by atoms with Crippen LogP contribution in [0.25, 0.3) is 0 Å². The molecule has 1 aliphatic rings. The van der Waals surface area contributed by atoms with E-state index < -0.39 is 10.0 Å². The highest BCUT2D eigenvalue weighted by molar-refractivity contribution is 7.99. The first-order valence-corrected chi connectivity index (χ1v) is 9.34. The number of hydrogen-bond donors (Lipinski definition) is 1. The van der Waals surface area contributed by atoms with Gasteiger partial charge in [0.05, 0.1) is 10.7 Å². The lowest BCUT2D eigenvalue weighted by Crippen LogP contribution is -2.26. The van der Waals surface area contributed by atoms with Crippen LogP contribution in [0.4, 0.5) is 0 Å². The maximum Gasteiger partial charge on any atom is 0.242 e. The molecule has 21 heavy (non-hydrogen) atoms. The second kappa shape index (κ2) is 6.00. The molecule has 0 unspecified atom stereocenters. The number of imidazole rings is 1. The van der Waals surface area contributed by atoms with Crippen molar-refractivity contribution in [2.75, 3.05) is 12.3 Å². The van der Waals surface area contributed by atoms with Gasteiger partial charge in [0.25, 0.3) is 0 Å². The van der Waals surface area contributed by atoms with E-state index >= 15 is 0 Å². The van der Waals surface area contributed by atoms with Gasteiger partial charge in [0, 0.05) is 31.5 Å². The van der Waals surface area contributed by atoms with E-state index in [2.05, 4.69) is 14.3 Å². The molecule has 1 aromatic carbocycles. The molecule has 2 aromatic rings. The first-order chi connectivity index (χ1) is 10.1. The van der Waals surface area contributed by atoms with Gasteiger partial charge in [-0.15, -0.1) is 0 Å². The van der Waals surface area contributed by atoms with Crippen molar-refractivity contribution < 1.29 is 8.42 Å². The minimum Gasteiger partial charge on any atom is -0.325 e. The summed E-state index contributed by atoms with van der Waals surface area (Å²) >= 11 is 7.64. The van der Waals surface area contributed by atoms with Gasteiger partial charge in [-0.25, -0.2) is 18.1 Å². The maximum absolute atomic E-state index is 12.2. The second-order valence-corrected chi connectivity index (χ2v) is 7.84. The summed E-state index contributed by atoms with van der Waals surface area (Å²) in [5.41, 5.74) is 0.902. The summed E-state index contributed by atoms with van der Waals surface area (Å²) in [5.74, 6) is 1.06. The summed E-state index contributed by atoms with van der Waals surface area (Å²) in [5, 5.41) is 1.24. The Balaban J connectivity index is 1.63. The van der Waals surface area contributed by atoms with Crippen LogP contribution in [0.5, 0.6) is 0 Å². The fourth-order valence-electron chi connectivity index (χ4n) is 2.14. The normalized spacial score (nSPS) is 14.3. The molecule has 0 saturated carbocycles. The molecule has 0 radical (unpaired) electrons. The Labute approximate surface area is 132 Å². The molecule has 0 bridgehead atoms. The van der Waals surface area contributed by atoms with Crippen LogP contribution in [-0.4, -0.2) is 30.3 Å². The van der Waals surface area contributed by atoms with Crippen molar-refractivity contribution in [2.45, 2.75) is 23.0 Å². The third kappa shape index (κ3) is 3.26. The Kier molecular flexibility index (Phi) is 4.26. The monoisotopic (exact) mass is 343 g/mol. The first kappa shape index (κ1) is 14.9. The third-order valence-corrected chi connectivity index (χ3v) is 6.08. The highest BCUT2D eigenvalue weighted by atomic mass is 35.5. The molecule has 1 aromatic heterocycles. The van der Waals surface area contributed by atoms with Gasteiger partial charge in [0.15, 0.2) is 5.16 Å². The Morgan fingerprint density at radius 2 is 2.19 bits per heavy atom. The number of benzene rings is 1. The number of thioether (sulfide) groups is 1. The van der Waals surface area contributed by atoms with E-state index in [4.69, 9.17) is 11.6 Å². The van der Waals surface area contributed by atoms with E-state index in [1.807, 2.05) is 6.20 Å². The van der Waals surface area contributed by atoms with Crippen molar-refractivity contribution in [3.05, 3.63) is 41.2 Å². The molecule has 1 N–H and O–H groups in total. The number of rotatable bonds is 5. The molecule has 0 amide bonds. The lowest BCUT2D eigenvalue weighted by atomic mass is 10.3. The van der Waals surface area contributed by atoms with Gasteiger partial charge in [0.2, 0.25) is 10.0 Å². The molecule has 5 nitrogen and oxygen atoms in total. The molecule has 112 valence electrons. The minimum absolute atomic E-state index is 0.106. The Morgan fingerprint density at radius 1 is 1.38 bits per heavy atom. The lowest BCUT2D eigenvalue weighted by Gasteiger charge is -2.07. The number of nitrogens with one attached hydrogen (secondary N) is 1. The number of aromatic nitrogens is 2. The molecule has 0 fully saturated rings. The van der Waals surface area contributed by atoms with E-state index in [1.165, 1.54) is 6.07 Å². The highest BCUT2D eigenvalue weighted by Crippen LogP contribution is 2.24. The van der Waals surface area contributed by atoms with Gasteiger partial charge in [-0.05, 0) is 12.1 Å². The van der Waals surface area contributed by atoms with Crippen molar-refractivity contribution in [3.63, 3.8) is 0 Å². The summed E-state index contributed by atoms with van der Waals surface area (Å²) in [6, 6.07) is 6.41. The Bertz CT molecular complexity index is 737. The predicted octanol–water partition coefficient (Wildman–Crippen LogP) is 2.16. The highest BCUT2D eigenvalue weighted by Gasteiger charge is 2.18. The average molecular weight is 344 g/mol. The van der Waals surface area contributed by atoms with E-state index in [-0.39, 0.29) is 9.92 Å². The van der Waals surface area contributed by atoms with Gasteiger partial charge in [-0.3, -0.25) is 0 Å². The van der Waals surface area contributed by atoms with Gasteiger partial charge in [0.1, 0.15) is 4.90 Å². The topological polar surface area (TPSA) is 64.0 Å². The summed E-state index contributed by atoms with van der Waals surface area (Å²) in [6.07, 6.45) is 2.55. The Morgan fingerprint density at radius 3 is 2.95 bits per heavy atom. The number of aryl methyl sites for hydroxylation is 1. The van der Waals surface area contributed by atoms with Crippen molar-refractivity contribution in [1.29, 1.82) is 0 Å². The van der Waals surface area contributed by atoms with Crippen LogP contribution < -0.4 is 4.72 Å². The minimum atomic E-state index is -3.58. The Hall–Kier alpha value is -1.02. The zero-order chi connectivity index (χ0) is 14.9. The van der Waals surface area contributed by atoms with Gasteiger partial charge >= 0.3 is 0 Å². The smallest absolute Gasteiger partial charge is 0.242 e. The number of hydrogen-bond acceptors (Lipinski definition) is 4. The predicted molar refractivity (Wildman–Crippen MR) is 83.3 cm³/mol. The number of nitrogens with zero attached hydrogens (tertiary/aromatic N) is 2. The van der Waals surface area contributed by atoms with Gasteiger partial charge in [-0.2, -0.15) is 0 Å².